The number of anilines is 2. The van der Waals surface area contributed by atoms with Gasteiger partial charge in [-0.25, -0.2) is 0 Å². The van der Waals surface area contributed by atoms with E-state index in [2.05, 4.69) is 17.2 Å². The molecule has 0 saturated heterocycles. The molecule has 0 fully saturated rings. The van der Waals surface area contributed by atoms with Crippen LogP contribution in [0.4, 0.5) is 11.4 Å². The number of ether oxygens (including phenoxy) is 3. The SMILES string of the molecule is C=C(C)COc1ccc(NCC(=O)Nc2cc(OC)ccc2OC)cc1. The number of hydrogen-bond donors (Lipinski definition) is 2. The molecule has 0 radical (unpaired) electrons. The van der Waals surface area contributed by atoms with Crippen LogP contribution in [0.3, 0.4) is 0 Å². The Bertz CT molecular complexity index is 757. The standard InChI is InChI=1S/C20H24N2O4/c1-14(2)13-26-16-7-5-15(6-8-16)21-12-20(23)22-18-11-17(24-3)9-10-19(18)25-4/h5-11,21H,1,12-13H2,2-4H3,(H,22,23). The molecule has 0 saturated carbocycles. The topological polar surface area (TPSA) is 68.8 Å². The fraction of sp³-hybridized carbons (Fsp3) is 0.250. The van der Waals surface area contributed by atoms with E-state index in [-0.39, 0.29) is 12.5 Å². The second kappa shape index (κ2) is 9.36. The monoisotopic (exact) mass is 356 g/mol. The van der Waals surface area contributed by atoms with Gasteiger partial charge in [-0.2, -0.15) is 0 Å². The molecule has 0 aliphatic rings. The zero-order chi connectivity index (χ0) is 18.9. The lowest BCUT2D eigenvalue weighted by molar-refractivity contribution is -0.114. The van der Waals surface area contributed by atoms with Gasteiger partial charge in [0.05, 0.1) is 26.5 Å². The summed E-state index contributed by atoms with van der Waals surface area (Å²) in [6.45, 7) is 6.31. The Morgan fingerprint density at radius 3 is 2.35 bits per heavy atom. The van der Waals surface area contributed by atoms with Crippen molar-refractivity contribution in [2.45, 2.75) is 6.92 Å². The van der Waals surface area contributed by atoms with Crippen LogP contribution < -0.4 is 24.8 Å². The van der Waals surface area contributed by atoms with Crippen molar-refractivity contribution in [1.29, 1.82) is 0 Å². The van der Waals surface area contributed by atoms with Gasteiger partial charge in [0.25, 0.3) is 0 Å². The molecule has 2 N–H and O–H groups in total. The lowest BCUT2D eigenvalue weighted by Crippen LogP contribution is -2.22. The summed E-state index contributed by atoms with van der Waals surface area (Å²) in [6.07, 6.45) is 0. The number of amides is 1. The lowest BCUT2D eigenvalue weighted by Gasteiger charge is -2.13. The van der Waals surface area contributed by atoms with Crippen molar-refractivity contribution in [3.63, 3.8) is 0 Å². The number of methoxy groups -OCH3 is 2. The third-order valence-electron chi connectivity index (χ3n) is 3.47. The fourth-order valence-electron chi connectivity index (χ4n) is 2.16. The van der Waals surface area contributed by atoms with Gasteiger partial charge in [0, 0.05) is 11.8 Å². The van der Waals surface area contributed by atoms with E-state index < -0.39 is 0 Å². The summed E-state index contributed by atoms with van der Waals surface area (Å²) in [5.41, 5.74) is 2.33. The summed E-state index contributed by atoms with van der Waals surface area (Å²) < 4.78 is 16.0. The van der Waals surface area contributed by atoms with Crippen LogP contribution in [-0.2, 0) is 4.79 Å². The molecule has 0 aromatic heterocycles. The molecule has 1 amide bonds. The maximum Gasteiger partial charge on any atom is 0.243 e. The minimum absolute atomic E-state index is 0.117. The Morgan fingerprint density at radius 2 is 1.73 bits per heavy atom. The van der Waals surface area contributed by atoms with E-state index in [1.165, 1.54) is 0 Å². The Kier molecular flexibility index (Phi) is 6.91. The lowest BCUT2D eigenvalue weighted by atomic mass is 10.2. The van der Waals surface area contributed by atoms with Gasteiger partial charge in [0.2, 0.25) is 5.91 Å². The van der Waals surface area contributed by atoms with Gasteiger partial charge >= 0.3 is 0 Å². The van der Waals surface area contributed by atoms with E-state index in [9.17, 15) is 4.79 Å². The van der Waals surface area contributed by atoms with Crippen molar-refractivity contribution in [3.8, 4) is 17.2 Å². The van der Waals surface area contributed by atoms with Gasteiger partial charge in [0.15, 0.2) is 0 Å². The van der Waals surface area contributed by atoms with Crippen LogP contribution in [0.25, 0.3) is 0 Å². The normalized spacial score (nSPS) is 9.96. The summed E-state index contributed by atoms with van der Waals surface area (Å²) >= 11 is 0. The summed E-state index contributed by atoms with van der Waals surface area (Å²) in [5, 5.41) is 5.88. The number of carbonyl (C=O) groups is 1. The van der Waals surface area contributed by atoms with Crippen molar-refractivity contribution < 1.29 is 19.0 Å². The van der Waals surface area contributed by atoms with Crippen molar-refractivity contribution in [2.75, 3.05) is 38.0 Å². The molecular formula is C20H24N2O4. The Balaban J connectivity index is 1.89. The van der Waals surface area contributed by atoms with Crippen molar-refractivity contribution >= 4 is 17.3 Å². The van der Waals surface area contributed by atoms with Gasteiger partial charge in [-0.3, -0.25) is 4.79 Å². The molecule has 0 unspecified atom stereocenters. The van der Waals surface area contributed by atoms with Crippen LogP contribution in [0.15, 0.2) is 54.6 Å². The van der Waals surface area contributed by atoms with Gasteiger partial charge in [-0.1, -0.05) is 6.58 Å². The highest BCUT2D eigenvalue weighted by Crippen LogP contribution is 2.28. The van der Waals surface area contributed by atoms with Crippen molar-refractivity contribution in [3.05, 3.63) is 54.6 Å². The maximum absolute atomic E-state index is 12.2. The molecule has 0 aliphatic carbocycles. The fourth-order valence-corrected chi connectivity index (χ4v) is 2.16. The van der Waals surface area contributed by atoms with Crippen LogP contribution in [0, 0.1) is 0 Å². The van der Waals surface area contributed by atoms with Gasteiger partial charge < -0.3 is 24.8 Å². The zero-order valence-corrected chi connectivity index (χ0v) is 15.3. The molecule has 138 valence electrons. The molecule has 0 spiro atoms. The summed E-state index contributed by atoms with van der Waals surface area (Å²) in [7, 11) is 3.12. The molecular weight excluding hydrogens is 332 g/mol. The second-order valence-corrected chi connectivity index (χ2v) is 5.74. The van der Waals surface area contributed by atoms with Gasteiger partial charge in [0.1, 0.15) is 23.9 Å². The van der Waals surface area contributed by atoms with Crippen LogP contribution in [0.2, 0.25) is 0 Å². The Hall–Kier alpha value is -3.15. The molecule has 0 aliphatic heterocycles. The van der Waals surface area contributed by atoms with E-state index >= 15 is 0 Å². The average Bonchev–Trinajstić information content (AvgIpc) is 2.65. The second-order valence-electron chi connectivity index (χ2n) is 5.74. The third kappa shape index (κ3) is 5.73. The summed E-state index contributed by atoms with van der Waals surface area (Å²) in [6, 6.07) is 12.6. The Labute approximate surface area is 153 Å². The van der Waals surface area contributed by atoms with Crippen LogP contribution in [0.5, 0.6) is 17.2 Å². The molecule has 2 rings (SSSR count). The third-order valence-corrected chi connectivity index (χ3v) is 3.47. The first-order chi connectivity index (χ1) is 12.5. The van der Waals surface area contributed by atoms with E-state index in [4.69, 9.17) is 14.2 Å². The van der Waals surface area contributed by atoms with E-state index in [1.54, 1.807) is 32.4 Å². The molecule has 0 atom stereocenters. The number of carbonyl (C=O) groups excluding carboxylic acids is 1. The smallest absolute Gasteiger partial charge is 0.243 e. The molecule has 6 heteroatoms. The number of benzene rings is 2. The first kappa shape index (κ1) is 19.2. The molecule has 0 bridgehead atoms. The van der Waals surface area contributed by atoms with E-state index in [0.717, 1.165) is 17.0 Å². The van der Waals surface area contributed by atoms with E-state index in [0.29, 0.717) is 23.8 Å². The van der Waals surface area contributed by atoms with Crippen molar-refractivity contribution in [2.24, 2.45) is 0 Å². The minimum atomic E-state index is -0.195. The number of hydrogen-bond acceptors (Lipinski definition) is 5. The molecule has 2 aromatic rings. The quantitative estimate of drug-likeness (QED) is 0.671. The van der Waals surface area contributed by atoms with E-state index in [1.807, 2.05) is 31.2 Å². The molecule has 6 nitrogen and oxygen atoms in total. The highest BCUT2D eigenvalue weighted by Gasteiger charge is 2.09. The largest absolute Gasteiger partial charge is 0.497 e. The maximum atomic E-state index is 12.2. The first-order valence-corrected chi connectivity index (χ1v) is 8.15. The van der Waals surface area contributed by atoms with Crippen LogP contribution in [0.1, 0.15) is 6.92 Å². The highest BCUT2D eigenvalue weighted by atomic mass is 16.5. The number of nitrogens with one attached hydrogen (secondary N) is 2. The predicted molar refractivity (Wildman–Crippen MR) is 103 cm³/mol. The summed E-state index contributed by atoms with van der Waals surface area (Å²) in [5.74, 6) is 1.76. The minimum Gasteiger partial charge on any atom is -0.497 e. The van der Waals surface area contributed by atoms with Gasteiger partial charge in [-0.05, 0) is 48.9 Å². The predicted octanol–water partition coefficient (Wildman–Crippen LogP) is 3.71. The zero-order valence-electron chi connectivity index (χ0n) is 15.3. The molecule has 2 aromatic carbocycles. The first-order valence-electron chi connectivity index (χ1n) is 8.15. The average molecular weight is 356 g/mol. The number of rotatable bonds is 9. The highest BCUT2D eigenvalue weighted by molar-refractivity contribution is 5.95. The van der Waals surface area contributed by atoms with Crippen LogP contribution >= 0.6 is 0 Å². The summed E-state index contributed by atoms with van der Waals surface area (Å²) in [4.78, 5) is 12.2. The molecule has 26 heavy (non-hydrogen) atoms. The van der Waals surface area contributed by atoms with Gasteiger partial charge in [-0.15, -0.1) is 0 Å². The van der Waals surface area contributed by atoms with Crippen LogP contribution in [-0.4, -0.2) is 33.3 Å². The molecule has 0 heterocycles. The van der Waals surface area contributed by atoms with Crippen molar-refractivity contribution in [1.82, 2.24) is 0 Å². The Morgan fingerprint density at radius 1 is 1.04 bits per heavy atom.